The van der Waals surface area contributed by atoms with E-state index in [-0.39, 0.29) is 23.6 Å². The Morgan fingerprint density at radius 3 is 3.00 bits per heavy atom. The summed E-state index contributed by atoms with van der Waals surface area (Å²) in [6, 6.07) is 6.49. The number of nitrogens with two attached hydrogens (primary N) is 1. The molecule has 1 aromatic rings. The molecule has 1 aromatic carbocycles. The third-order valence-electron chi connectivity index (χ3n) is 3.29. The normalized spacial score (nSPS) is 22.4. The zero-order valence-electron chi connectivity index (χ0n) is 12.0. The van der Waals surface area contributed by atoms with Crippen LogP contribution < -0.4 is 10.5 Å². The molecule has 0 spiro atoms. The zero-order valence-corrected chi connectivity index (χ0v) is 12.8. The van der Waals surface area contributed by atoms with Gasteiger partial charge in [0.2, 0.25) is 10.0 Å². The third-order valence-corrected chi connectivity index (χ3v) is 4.80. The summed E-state index contributed by atoms with van der Waals surface area (Å²) in [6.45, 7) is 2.77. The predicted molar refractivity (Wildman–Crippen MR) is 81.1 cm³/mol. The van der Waals surface area contributed by atoms with Crippen LogP contribution in [-0.4, -0.2) is 33.7 Å². The van der Waals surface area contributed by atoms with Crippen LogP contribution in [0.5, 0.6) is 0 Å². The van der Waals surface area contributed by atoms with Gasteiger partial charge >= 0.3 is 0 Å². The molecule has 21 heavy (non-hydrogen) atoms. The lowest BCUT2D eigenvalue weighted by Crippen LogP contribution is -2.41. The standard InChI is InChI=1S/C15H20N2O3S/c1-12-10-14(7-9-20-12)17-21(18,19)15-6-2-4-13(11-15)5-3-8-16/h2,4,6,11-12,14,17H,7-10,16H2,1H3. The number of hydrogen-bond donors (Lipinski definition) is 2. The molecule has 0 radical (unpaired) electrons. The van der Waals surface area contributed by atoms with Gasteiger partial charge in [-0.1, -0.05) is 17.9 Å². The van der Waals surface area contributed by atoms with Gasteiger partial charge in [0.15, 0.2) is 0 Å². The molecule has 1 fully saturated rings. The van der Waals surface area contributed by atoms with E-state index in [1.807, 2.05) is 6.92 Å². The third kappa shape index (κ3) is 4.55. The van der Waals surface area contributed by atoms with Crippen LogP contribution in [0.1, 0.15) is 25.3 Å². The van der Waals surface area contributed by atoms with E-state index in [2.05, 4.69) is 16.6 Å². The molecule has 1 heterocycles. The molecule has 0 saturated carbocycles. The van der Waals surface area contributed by atoms with Gasteiger partial charge in [-0.2, -0.15) is 0 Å². The first-order valence-electron chi connectivity index (χ1n) is 6.94. The summed E-state index contributed by atoms with van der Waals surface area (Å²) in [4.78, 5) is 0.227. The molecule has 0 aliphatic carbocycles. The maximum Gasteiger partial charge on any atom is 0.240 e. The van der Waals surface area contributed by atoms with E-state index in [4.69, 9.17) is 10.5 Å². The molecule has 6 heteroatoms. The van der Waals surface area contributed by atoms with Crippen molar-refractivity contribution in [3.63, 3.8) is 0 Å². The number of ether oxygens (including phenoxy) is 1. The molecule has 1 aliphatic rings. The number of benzene rings is 1. The van der Waals surface area contributed by atoms with Gasteiger partial charge < -0.3 is 10.5 Å². The Hall–Kier alpha value is -1.39. The maximum atomic E-state index is 12.4. The van der Waals surface area contributed by atoms with Crippen LogP contribution in [0.3, 0.4) is 0 Å². The molecule has 3 N–H and O–H groups in total. The predicted octanol–water partition coefficient (Wildman–Crippen LogP) is 0.843. The molecule has 114 valence electrons. The fourth-order valence-corrected chi connectivity index (χ4v) is 3.62. The van der Waals surface area contributed by atoms with Gasteiger partial charge in [-0.25, -0.2) is 13.1 Å². The van der Waals surface area contributed by atoms with Crippen molar-refractivity contribution in [1.82, 2.24) is 4.72 Å². The molecule has 1 aliphatic heterocycles. The molecule has 2 rings (SSSR count). The topological polar surface area (TPSA) is 81.4 Å². The van der Waals surface area contributed by atoms with E-state index in [0.717, 1.165) is 0 Å². The molecule has 0 amide bonds. The Morgan fingerprint density at radius 1 is 1.48 bits per heavy atom. The highest BCUT2D eigenvalue weighted by Crippen LogP contribution is 2.17. The SMILES string of the molecule is CC1CC(NS(=O)(=O)c2cccc(C#CCN)c2)CCO1. The van der Waals surface area contributed by atoms with Gasteiger partial charge in [-0.05, 0) is 38.0 Å². The van der Waals surface area contributed by atoms with Crippen molar-refractivity contribution in [1.29, 1.82) is 0 Å². The van der Waals surface area contributed by atoms with E-state index in [9.17, 15) is 8.42 Å². The quantitative estimate of drug-likeness (QED) is 0.811. The summed E-state index contributed by atoms with van der Waals surface area (Å²) < 4.78 is 33.0. The first-order chi connectivity index (χ1) is 10.0. The van der Waals surface area contributed by atoms with Gasteiger partial charge in [-0.3, -0.25) is 0 Å². The van der Waals surface area contributed by atoms with E-state index < -0.39 is 10.0 Å². The zero-order chi connectivity index (χ0) is 15.3. The van der Waals surface area contributed by atoms with Crippen LogP contribution in [0.2, 0.25) is 0 Å². The largest absolute Gasteiger partial charge is 0.378 e. The Bertz CT molecular complexity index is 646. The molecule has 0 aromatic heterocycles. The van der Waals surface area contributed by atoms with Crippen molar-refractivity contribution in [2.75, 3.05) is 13.2 Å². The summed E-state index contributed by atoms with van der Waals surface area (Å²) in [5.74, 6) is 5.56. The Balaban J connectivity index is 2.15. The van der Waals surface area contributed by atoms with Crippen LogP contribution in [0.15, 0.2) is 29.2 Å². The number of rotatable bonds is 3. The van der Waals surface area contributed by atoms with Gasteiger partial charge in [0.25, 0.3) is 0 Å². The van der Waals surface area contributed by atoms with Gasteiger partial charge in [0.05, 0.1) is 17.5 Å². The van der Waals surface area contributed by atoms with Crippen LogP contribution in [0.25, 0.3) is 0 Å². The van der Waals surface area contributed by atoms with Crippen molar-refractivity contribution in [3.8, 4) is 11.8 Å². The second-order valence-electron chi connectivity index (χ2n) is 5.06. The van der Waals surface area contributed by atoms with Crippen LogP contribution in [0.4, 0.5) is 0 Å². The van der Waals surface area contributed by atoms with E-state index in [1.54, 1.807) is 24.3 Å². The van der Waals surface area contributed by atoms with Crippen LogP contribution >= 0.6 is 0 Å². The van der Waals surface area contributed by atoms with Crippen LogP contribution in [-0.2, 0) is 14.8 Å². The lowest BCUT2D eigenvalue weighted by atomic mass is 10.1. The summed E-state index contributed by atoms with van der Waals surface area (Å²) in [5, 5.41) is 0. The smallest absolute Gasteiger partial charge is 0.240 e. The monoisotopic (exact) mass is 308 g/mol. The van der Waals surface area contributed by atoms with Gasteiger partial charge in [0, 0.05) is 18.2 Å². The average Bonchev–Trinajstić information content (AvgIpc) is 2.45. The lowest BCUT2D eigenvalue weighted by Gasteiger charge is -2.27. The molecule has 5 nitrogen and oxygen atoms in total. The Kier molecular flexibility index (Phi) is 5.37. The van der Waals surface area contributed by atoms with Crippen molar-refractivity contribution in [3.05, 3.63) is 29.8 Å². The lowest BCUT2D eigenvalue weighted by molar-refractivity contribution is 0.0173. The van der Waals surface area contributed by atoms with Gasteiger partial charge in [0.1, 0.15) is 0 Å². The number of nitrogens with one attached hydrogen (secondary N) is 1. The first kappa shape index (κ1) is 16.0. The van der Waals surface area contributed by atoms with Crippen molar-refractivity contribution in [2.45, 2.75) is 36.8 Å². The van der Waals surface area contributed by atoms with E-state index in [1.165, 1.54) is 0 Å². The molecular formula is C15H20N2O3S. The van der Waals surface area contributed by atoms with E-state index in [0.29, 0.717) is 25.0 Å². The number of hydrogen-bond acceptors (Lipinski definition) is 4. The molecule has 2 atom stereocenters. The van der Waals surface area contributed by atoms with E-state index >= 15 is 0 Å². The summed E-state index contributed by atoms with van der Waals surface area (Å²) in [5.41, 5.74) is 5.96. The van der Waals surface area contributed by atoms with Gasteiger partial charge in [-0.15, -0.1) is 0 Å². The highest BCUT2D eigenvalue weighted by atomic mass is 32.2. The minimum atomic E-state index is -3.54. The number of sulfonamides is 1. The summed E-state index contributed by atoms with van der Waals surface area (Å²) >= 11 is 0. The minimum Gasteiger partial charge on any atom is -0.378 e. The van der Waals surface area contributed by atoms with Crippen molar-refractivity contribution in [2.24, 2.45) is 5.73 Å². The molecule has 0 bridgehead atoms. The molecule has 2 unspecified atom stereocenters. The summed E-state index contributed by atoms with van der Waals surface area (Å²) in [7, 11) is -3.54. The second-order valence-corrected chi connectivity index (χ2v) is 6.77. The van der Waals surface area contributed by atoms with Crippen molar-refractivity contribution < 1.29 is 13.2 Å². The average molecular weight is 308 g/mol. The Labute approximate surface area is 125 Å². The fourth-order valence-electron chi connectivity index (χ4n) is 2.29. The first-order valence-corrected chi connectivity index (χ1v) is 8.42. The van der Waals surface area contributed by atoms with Crippen molar-refractivity contribution >= 4 is 10.0 Å². The highest BCUT2D eigenvalue weighted by molar-refractivity contribution is 7.89. The second kappa shape index (κ2) is 7.05. The maximum absolute atomic E-state index is 12.4. The summed E-state index contributed by atoms with van der Waals surface area (Å²) in [6.07, 6.45) is 1.45. The minimum absolute atomic E-state index is 0.0770. The molecular weight excluding hydrogens is 288 g/mol. The van der Waals surface area contributed by atoms with Crippen LogP contribution in [0, 0.1) is 11.8 Å². The highest BCUT2D eigenvalue weighted by Gasteiger charge is 2.25. The molecule has 1 saturated heterocycles. The Morgan fingerprint density at radius 2 is 2.29 bits per heavy atom. The fraction of sp³-hybridized carbons (Fsp3) is 0.467.